The second-order valence-corrected chi connectivity index (χ2v) is 5.90. The van der Waals surface area contributed by atoms with Crippen LogP contribution in [0, 0.1) is 11.6 Å². The van der Waals surface area contributed by atoms with E-state index >= 15 is 0 Å². The number of rotatable bonds is 5. The highest BCUT2D eigenvalue weighted by Crippen LogP contribution is 2.17. The summed E-state index contributed by atoms with van der Waals surface area (Å²) < 4.78 is 26.3. The van der Waals surface area contributed by atoms with Gasteiger partial charge in [-0.2, -0.15) is 0 Å². The third kappa shape index (κ3) is 4.20. The van der Waals surface area contributed by atoms with Gasteiger partial charge in [0.1, 0.15) is 5.69 Å². The maximum Gasteiger partial charge on any atom is 0.276 e. The Morgan fingerprint density at radius 3 is 2.43 bits per heavy atom. The SMILES string of the molecule is CCN(C(=O)c1cc(C(=O)Nc2ccc(F)c(F)c2)ccn1)c1ccccc1. The van der Waals surface area contributed by atoms with Gasteiger partial charge in [0.15, 0.2) is 11.6 Å². The molecule has 0 saturated heterocycles. The van der Waals surface area contributed by atoms with Gasteiger partial charge >= 0.3 is 0 Å². The standard InChI is InChI=1S/C21H17F2N3O2/c1-2-26(16-6-4-3-5-7-16)21(28)19-12-14(10-11-24-19)20(27)25-15-8-9-17(22)18(23)13-15/h3-13H,2H2,1H3,(H,25,27). The van der Waals surface area contributed by atoms with Crippen LogP contribution in [0.25, 0.3) is 0 Å². The first-order valence-electron chi connectivity index (χ1n) is 8.59. The Balaban J connectivity index is 1.81. The van der Waals surface area contributed by atoms with Gasteiger partial charge in [-0.3, -0.25) is 14.6 Å². The molecule has 3 aromatic rings. The van der Waals surface area contributed by atoms with Crippen LogP contribution in [0.3, 0.4) is 0 Å². The molecular formula is C21H17F2N3O2. The van der Waals surface area contributed by atoms with E-state index in [-0.39, 0.29) is 22.9 Å². The van der Waals surface area contributed by atoms with E-state index in [0.29, 0.717) is 12.2 Å². The highest BCUT2D eigenvalue weighted by Gasteiger charge is 2.19. The fourth-order valence-corrected chi connectivity index (χ4v) is 2.66. The van der Waals surface area contributed by atoms with Gasteiger partial charge in [0.05, 0.1) is 0 Å². The quantitative estimate of drug-likeness (QED) is 0.718. The maximum absolute atomic E-state index is 13.3. The minimum absolute atomic E-state index is 0.101. The molecule has 0 aliphatic heterocycles. The smallest absolute Gasteiger partial charge is 0.276 e. The maximum atomic E-state index is 13.3. The molecule has 0 saturated carbocycles. The molecule has 0 fully saturated rings. The van der Waals surface area contributed by atoms with E-state index in [2.05, 4.69) is 10.3 Å². The third-order valence-electron chi connectivity index (χ3n) is 4.05. The number of hydrogen-bond acceptors (Lipinski definition) is 3. The number of nitrogens with one attached hydrogen (secondary N) is 1. The number of amides is 2. The molecule has 3 rings (SSSR count). The van der Waals surface area contributed by atoms with Crippen molar-refractivity contribution in [1.82, 2.24) is 4.98 Å². The number of anilines is 2. The van der Waals surface area contributed by atoms with E-state index < -0.39 is 17.5 Å². The summed E-state index contributed by atoms with van der Waals surface area (Å²) in [6.45, 7) is 2.26. The molecule has 2 amide bonds. The summed E-state index contributed by atoms with van der Waals surface area (Å²) in [5.74, 6) is -2.98. The third-order valence-corrected chi connectivity index (χ3v) is 4.05. The largest absolute Gasteiger partial charge is 0.322 e. The summed E-state index contributed by atoms with van der Waals surface area (Å²) in [5, 5.41) is 2.47. The zero-order valence-corrected chi connectivity index (χ0v) is 15.0. The molecule has 0 spiro atoms. The van der Waals surface area contributed by atoms with Crippen molar-refractivity contribution in [2.45, 2.75) is 6.92 Å². The zero-order chi connectivity index (χ0) is 20.1. The van der Waals surface area contributed by atoms with Gasteiger partial charge in [-0.25, -0.2) is 8.78 Å². The van der Waals surface area contributed by atoms with E-state index in [4.69, 9.17) is 0 Å². The molecule has 142 valence electrons. The van der Waals surface area contributed by atoms with Crippen LogP contribution < -0.4 is 10.2 Å². The first-order valence-corrected chi connectivity index (χ1v) is 8.59. The lowest BCUT2D eigenvalue weighted by Gasteiger charge is -2.20. The van der Waals surface area contributed by atoms with Gasteiger partial charge in [0.2, 0.25) is 0 Å². The monoisotopic (exact) mass is 381 g/mol. The average Bonchev–Trinajstić information content (AvgIpc) is 2.72. The number of hydrogen-bond donors (Lipinski definition) is 1. The fourth-order valence-electron chi connectivity index (χ4n) is 2.66. The second-order valence-electron chi connectivity index (χ2n) is 5.90. The molecule has 5 nitrogen and oxygen atoms in total. The van der Waals surface area contributed by atoms with Crippen LogP contribution in [0.4, 0.5) is 20.2 Å². The van der Waals surface area contributed by atoms with Gasteiger partial charge in [0, 0.05) is 35.7 Å². The summed E-state index contributed by atoms with van der Waals surface area (Å²) in [7, 11) is 0. The highest BCUT2D eigenvalue weighted by atomic mass is 19.2. The van der Waals surface area contributed by atoms with Crippen LogP contribution in [0.1, 0.15) is 27.8 Å². The number of halogens is 2. The molecule has 7 heteroatoms. The Hall–Kier alpha value is -3.61. The van der Waals surface area contributed by atoms with Crippen LogP contribution in [-0.2, 0) is 0 Å². The van der Waals surface area contributed by atoms with Crippen molar-refractivity contribution in [3.63, 3.8) is 0 Å². The van der Waals surface area contributed by atoms with Crippen LogP contribution in [0.5, 0.6) is 0 Å². The Morgan fingerprint density at radius 1 is 1.00 bits per heavy atom. The average molecular weight is 381 g/mol. The molecule has 0 atom stereocenters. The van der Waals surface area contributed by atoms with Crippen LogP contribution in [-0.4, -0.2) is 23.3 Å². The van der Waals surface area contributed by atoms with Crippen molar-refractivity contribution in [2.75, 3.05) is 16.8 Å². The number of carbonyl (C=O) groups excluding carboxylic acids is 2. The number of aromatic nitrogens is 1. The van der Waals surface area contributed by atoms with E-state index in [1.54, 1.807) is 17.0 Å². The molecular weight excluding hydrogens is 364 g/mol. The van der Waals surface area contributed by atoms with Crippen LogP contribution in [0.15, 0.2) is 66.9 Å². The topological polar surface area (TPSA) is 62.3 Å². The summed E-state index contributed by atoms with van der Waals surface area (Å²) in [6.07, 6.45) is 1.35. The van der Waals surface area contributed by atoms with Crippen molar-refractivity contribution in [1.29, 1.82) is 0 Å². The van der Waals surface area contributed by atoms with Crippen LogP contribution >= 0.6 is 0 Å². The van der Waals surface area contributed by atoms with Gasteiger partial charge in [-0.1, -0.05) is 18.2 Å². The predicted octanol–water partition coefficient (Wildman–Crippen LogP) is 4.28. The van der Waals surface area contributed by atoms with Crippen molar-refractivity contribution >= 4 is 23.2 Å². The van der Waals surface area contributed by atoms with Gasteiger partial charge in [-0.05, 0) is 43.3 Å². The lowest BCUT2D eigenvalue weighted by molar-refractivity contribution is 0.0983. The van der Waals surface area contributed by atoms with Crippen molar-refractivity contribution in [2.24, 2.45) is 0 Å². The number of benzene rings is 2. The first-order chi connectivity index (χ1) is 13.5. The highest BCUT2D eigenvalue weighted by molar-refractivity contribution is 6.08. The second kappa shape index (κ2) is 8.39. The first kappa shape index (κ1) is 19.2. The van der Waals surface area contributed by atoms with E-state index in [0.717, 1.165) is 12.1 Å². The summed E-state index contributed by atoms with van der Waals surface area (Å²) >= 11 is 0. The Bertz CT molecular complexity index is 1010. The molecule has 1 aromatic heterocycles. The molecule has 1 heterocycles. The van der Waals surface area contributed by atoms with Crippen molar-refractivity contribution in [3.8, 4) is 0 Å². The van der Waals surface area contributed by atoms with E-state index in [1.165, 1.54) is 24.4 Å². The van der Waals surface area contributed by atoms with Gasteiger partial charge in [-0.15, -0.1) is 0 Å². The Labute approximate surface area is 160 Å². The number of carbonyl (C=O) groups is 2. The molecule has 28 heavy (non-hydrogen) atoms. The molecule has 0 radical (unpaired) electrons. The van der Waals surface area contributed by atoms with E-state index in [9.17, 15) is 18.4 Å². The Morgan fingerprint density at radius 2 is 1.75 bits per heavy atom. The molecule has 2 aromatic carbocycles. The zero-order valence-electron chi connectivity index (χ0n) is 15.0. The summed E-state index contributed by atoms with van der Waals surface area (Å²) in [6, 6.07) is 15.0. The molecule has 0 bridgehead atoms. The number of pyridine rings is 1. The predicted molar refractivity (Wildman–Crippen MR) is 102 cm³/mol. The molecule has 0 unspecified atom stereocenters. The summed E-state index contributed by atoms with van der Waals surface area (Å²) in [4.78, 5) is 30.9. The molecule has 0 aliphatic rings. The minimum Gasteiger partial charge on any atom is -0.322 e. The molecule has 1 N–H and O–H groups in total. The lowest BCUT2D eigenvalue weighted by atomic mass is 10.2. The fraction of sp³-hybridized carbons (Fsp3) is 0.0952. The Kier molecular flexibility index (Phi) is 5.74. The number of nitrogens with zero attached hydrogens (tertiary/aromatic N) is 2. The van der Waals surface area contributed by atoms with Gasteiger partial charge < -0.3 is 10.2 Å². The number of para-hydroxylation sites is 1. The lowest BCUT2D eigenvalue weighted by Crippen LogP contribution is -2.31. The van der Waals surface area contributed by atoms with Crippen molar-refractivity contribution in [3.05, 3.63) is 89.8 Å². The summed E-state index contributed by atoms with van der Waals surface area (Å²) in [5.41, 5.74) is 1.09. The van der Waals surface area contributed by atoms with Gasteiger partial charge in [0.25, 0.3) is 11.8 Å². The molecule has 0 aliphatic carbocycles. The normalized spacial score (nSPS) is 10.4. The van der Waals surface area contributed by atoms with Crippen molar-refractivity contribution < 1.29 is 18.4 Å². The van der Waals surface area contributed by atoms with Crippen LogP contribution in [0.2, 0.25) is 0 Å². The minimum atomic E-state index is -1.06. The van der Waals surface area contributed by atoms with E-state index in [1.807, 2.05) is 25.1 Å².